The van der Waals surface area contributed by atoms with Crippen LogP contribution in [0, 0.1) is 0 Å². The fraction of sp³-hybridized carbons (Fsp3) is 0.167. The summed E-state index contributed by atoms with van der Waals surface area (Å²) in [6.07, 6.45) is 0. The molecule has 0 saturated heterocycles. The molecule has 0 radical (unpaired) electrons. The molecule has 6 nitrogen and oxygen atoms in total. The third-order valence-corrected chi connectivity index (χ3v) is 6.61. The molecular weight excluding hydrogens is 343 g/mol. The average Bonchev–Trinajstić information content (AvgIpc) is 3.07. The van der Waals surface area contributed by atoms with Crippen LogP contribution in [0.15, 0.2) is 66.4 Å². The predicted molar refractivity (Wildman–Crippen MR) is 94.3 cm³/mol. The first-order valence-corrected chi connectivity index (χ1v) is 9.40. The van der Waals surface area contributed by atoms with E-state index in [1.165, 1.54) is 21.3 Å². The van der Waals surface area contributed by atoms with Gasteiger partial charge in [0.1, 0.15) is 0 Å². The van der Waals surface area contributed by atoms with Crippen LogP contribution in [0.2, 0.25) is 0 Å². The first kappa shape index (κ1) is 17.6. The third-order valence-electron chi connectivity index (χ3n) is 3.86. The van der Waals surface area contributed by atoms with Gasteiger partial charge in [0, 0.05) is 0 Å². The zero-order valence-electron chi connectivity index (χ0n) is 14.2. The molecular formula is C18H19O6P. The van der Waals surface area contributed by atoms with Crippen LogP contribution in [0.1, 0.15) is 15.9 Å². The zero-order valence-corrected chi connectivity index (χ0v) is 15.1. The van der Waals surface area contributed by atoms with E-state index in [-0.39, 0.29) is 17.3 Å². The Morgan fingerprint density at radius 1 is 0.800 bits per heavy atom. The number of hydrogen-bond donors (Lipinski definition) is 0. The number of ketones is 1. The average molecular weight is 362 g/mol. The van der Waals surface area contributed by atoms with E-state index < -0.39 is 7.74 Å². The van der Waals surface area contributed by atoms with Gasteiger partial charge < -0.3 is 0 Å². The van der Waals surface area contributed by atoms with E-state index in [0.29, 0.717) is 11.1 Å². The van der Waals surface area contributed by atoms with Crippen molar-refractivity contribution in [2.75, 3.05) is 21.3 Å². The molecule has 0 saturated carbocycles. The Labute approximate surface area is 146 Å². The van der Waals surface area contributed by atoms with E-state index in [9.17, 15) is 4.79 Å². The molecule has 0 unspecified atom stereocenters. The normalized spacial score (nSPS) is 19.4. The first-order valence-electron chi connectivity index (χ1n) is 7.57. The van der Waals surface area contributed by atoms with Crippen molar-refractivity contribution in [3.63, 3.8) is 0 Å². The number of hydrogen-bond acceptors (Lipinski definition) is 6. The number of rotatable bonds is 6. The van der Waals surface area contributed by atoms with Gasteiger partial charge in [0.15, 0.2) is 0 Å². The molecule has 132 valence electrons. The molecule has 25 heavy (non-hydrogen) atoms. The molecule has 2 aromatic carbocycles. The van der Waals surface area contributed by atoms with Gasteiger partial charge in [0.05, 0.1) is 0 Å². The van der Waals surface area contributed by atoms with Gasteiger partial charge in [-0.25, -0.2) is 0 Å². The van der Waals surface area contributed by atoms with Gasteiger partial charge in [-0.3, -0.25) is 0 Å². The minimum atomic E-state index is -4.39. The molecule has 0 N–H and O–H groups in total. The summed E-state index contributed by atoms with van der Waals surface area (Å²) < 4.78 is 28.0. The molecule has 0 aromatic heterocycles. The molecule has 0 aliphatic carbocycles. The Morgan fingerprint density at radius 2 is 1.32 bits per heavy atom. The number of benzene rings is 2. The fourth-order valence-corrected chi connectivity index (χ4v) is 4.37. The van der Waals surface area contributed by atoms with Crippen LogP contribution >= 0.6 is 7.74 Å². The van der Waals surface area contributed by atoms with Crippen LogP contribution in [-0.4, -0.2) is 27.1 Å². The van der Waals surface area contributed by atoms with Crippen molar-refractivity contribution in [1.82, 2.24) is 0 Å². The number of Topliss-reactive ketones (excluding diaryl/α,β-unsaturated/α-hetero) is 1. The van der Waals surface area contributed by atoms with Gasteiger partial charge in [-0.05, 0) is 0 Å². The van der Waals surface area contributed by atoms with Crippen molar-refractivity contribution >= 4 is 19.3 Å². The second-order valence-electron chi connectivity index (χ2n) is 5.20. The van der Waals surface area contributed by atoms with Crippen LogP contribution in [0.4, 0.5) is 0 Å². The van der Waals surface area contributed by atoms with Crippen LogP contribution in [0.3, 0.4) is 0 Å². The standard InChI is InChI=1S/C18H19O6P/c1-20-25(21-2,22-3)23-17(15-12-8-5-9-13-15)18(24-25)16(19)14-10-6-4-7-11-14/h4-13H,1-3H3. The minimum absolute atomic E-state index is 0.0133. The number of carbonyl (C=O) groups is 1. The monoisotopic (exact) mass is 362 g/mol. The molecule has 2 aromatic rings. The van der Waals surface area contributed by atoms with Crippen molar-refractivity contribution in [2.45, 2.75) is 0 Å². The Balaban J connectivity index is 2.14. The Bertz CT molecular complexity index is 788. The van der Waals surface area contributed by atoms with Gasteiger partial charge >= 0.3 is 146 Å². The third kappa shape index (κ3) is 2.94. The fourth-order valence-electron chi connectivity index (χ4n) is 2.49. The molecule has 0 spiro atoms. The van der Waals surface area contributed by atoms with Gasteiger partial charge in [0.25, 0.3) is 0 Å². The topological polar surface area (TPSA) is 63.2 Å². The molecule has 1 aliphatic rings. The Morgan fingerprint density at radius 3 is 1.84 bits per heavy atom. The number of allylic oxidation sites excluding steroid dienone is 1. The van der Waals surface area contributed by atoms with Crippen molar-refractivity contribution in [1.29, 1.82) is 0 Å². The van der Waals surface area contributed by atoms with E-state index in [2.05, 4.69) is 0 Å². The summed E-state index contributed by atoms with van der Waals surface area (Å²) >= 11 is 0. The summed E-state index contributed by atoms with van der Waals surface area (Å²) in [7, 11) is -0.338. The van der Waals surface area contributed by atoms with Gasteiger partial charge in [0.2, 0.25) is 0 Å². The van der Waals surface area contributed by atoms with Crippen molar-refractivity contribution in [3.8, 4) is 0 Å². The second kappa shape index (κ2) is 6.58. The van der Waals surface area contributed by atoms with Crippen LogP contribution < -0.4 is 0 Å². The summed E-state index contributed by atoms with van der Waals surface area (Å²) in [5.74, 6) is -0.143. The van der Waals surface area contributed by atoms with Crippen LogP contribution in [0.25, 0.3) is 5.76 Å². The van der Waals surface area contributed by atoms with E-state index in [0.717, 1.165) is 0 Å². The molecule has 7 heteroatoms. The van der Waals surface area contributed by atoms with Gasteiger partial charge in [-0.1, -0.05) is 0 Å². The quantitative estimate of drug-likeness (QED) is 0.562. The van der Waals surface area contributed by atoms with E-state index in [1.807, 2.05) is 24.3 Å². The SMILES string of the molecule is COP1(OC)(OC)OC(C(=O)c2ccccc2)=C(c2ccccc2)O1. The summed E-state index contributed by atoms with van der Waals surface area (Å²) in [5.41, 5.74) is 1.11. The van der Waals surface area contributed by atoms with E-state index in [4.69, 9.17) is 22.6 Å². The van der Waals surface area contributed by atoms with Crippen molar-refractivity contribution < 1.29 is 27.4 Å². The first-order chi connectivity index (χ1) is 12.1. The molecule has 1 heterocycles. The van der Waals surface area contributed by atoms with Gasteiger partial charge in [-0.2, -0.15) is 0 Å². The molecule has 0 fully saturated rings. The van der Waals surface area contributed by atoms with Crippen LogP contribution in [-0.2, 0) is 22.6 Å². The Hall–Kier alpha value is -2.24. The maximum atomic E-state index is 13.0. The van der Waals surface area contributed by atoms with E-state index in [1.54, 1.807) is 36.4 Å². The van der Waals surface area contributed by atoms with Gasteiger partial charge in [-0.15, -0.1) is 0 Å². The second-order valence-corrected chi connectivity index (χ2v) is 8.15. The summed E-state index contributed by atoms with van der Waals surface area (Å²) in [4.78, 5) is 13.0. The predicted octanol–water partition coefficient (Wildman–Crippen LogP) is 4.35. The zero-order chi connectivity index (χ0) is 17.9. The van der Waals surface area contributed by atoms with Crippen molar-refractivity contribution in [3.05, 3.63) is 77.5 Å². The van der Waals surface area contributed by atoms with Crippen LogP contribution in [0.5, 0.6) is 0 Å². The summed E-state index contributed by atoms with van der Waals surface area (Å²) in [5, 5.41) is 0. The molecule has 3 rings (SSSR count). The maximum absolute atomic E-state index is 13.0. The molecule has 0 atom stereocenters. The van der Waals surface area contributed by atoms with Crippen molar-refractivity contribution in [2.24, 2.45) is 0 Å². The molecule has 1 aliphatic heterocycles. The molecule has 0 bridgehead atoms. The summed E-state index contributed by atoms with van der Waals surface area (Å²) in [6, 6.07) is 17.9. The number of carbonyl (C=O) groups excluding carboxylic acids is 1. The Kier molecular flexibility index (Phi) is 4.62. The van der Waals surface area contributed by atoms with E-state index >= 15 is 0 Å². The summed E-state index contributed by atoms with van der Waals surface area (Å²) in [6.45, 7) is 0. The molecule has 0 amide bonds.